The number of nitrogens with zero attached hydrogens (tertiary/aromatic N) is 3. The van der Waals surface area contributed by atoms with Crippen LogP contribution in [0, 0.1) is 16.7 Å². The van der Waals surface area contributed by atoms with Gasteiger partial charge in [0.25, 0.3) is 5.91 Å². The van der Waals surface area contributed by atoms with Crippen molar-refractivity contribution in [2.45, 2.75) is 33.4 Å². The molecule has 0 saturated carbocycles. The second kappa shape index (κ2) is 10.7. The maximum Gasteiger partial charge on any atom is 0.273 e. The van der Waals surface area contributed by atoms with Crippen molar-refractivity contribution in [3.05, 3.63) is 64.3 Å². The number of rotatable bonds is 8. The number of halogens is 1. The first-order chi connectivity index (χ1) is 16.8. The molecule has 0 aliphatic heterocycles. The summed E-state index contributed by atoms with van der Waals surface area (Å²) in [6, 6.07) is 13.3. The van der Waals surface area contributed by atoms with Gasteiger partial charge in [-0.25, -0.2) is 8.42 Å². The van der Waals surface area contributed by atoms with Crippen molar-refractivity contribution in [2.24, 2.45) is 5.41 Å². The highest BCUT2D eigenvalue weighted by Crippen LogP contribution is 2.25. The lowest BCUT2D eigenvalue weighted by Gasteiger charge is -2.30. The van der Waals surface area contributed by atoms with E-state index in [1.54, 1.807) is 55.8 Å². The fourth-order valence-corrected chi connectivity index (χ4v) is 4.28. The molecule has 0 aliphatic rings. The average Bonchev–Trinajstić information content (AvgIpc) is 3.13. The quantitative estimate of drug-likeness (QED) is 0.461. The summed E-state index contributed by atoms with van der Waals surface area (Å²) in [6.07, 6.45) is 1.09. The van der Waals surface area contributed by atoms with Crippen LogP contribution in [0.2, 0.25) is 5.02 Å². The molecule has 0 fully saturated rings. The second-order valence-electron chi connectivity index (χ2n) is 9.67. The molecule has 2 N–H and O–H groups in total. The molecule has 0 radical (unpaired) electrons. The zero-order chi connectivity index (χ0) is 26.7. The van der Waals surface area contributed by atoms with Crippen molar-refractivity contribution in [1.82, 2.24) is 20.4 Å². The Morgan fingerprint density at radius 2 is 1.83 bits per heavy atom. The van der Waals surface area contributed by atoms with Gasteiger partial charge >= 0.3 is 0 Å². The molecule has 0 saturated heterocycles. The predicted octanol–water partition coefficient (Wildman–Crippen LogP) is 2.91. The fraction of sp³-hybridized carbons (Fsp3) is 0.360. The highest BCUT2D eigenvalue weighted by Gasteiger charge is 2.34. The number of carbonyl (C=O) groups is 2. The number of aromatic nitrogens is 2. The summed E-state index contributed by atoms with van der Waals surface area (Å²) in [5.74, 6) is -1.25. The van der Waals surface area contributed by atoms with Crippen LogP contribution in [0.25, 0.3) is 10.9 Å². The first-order valence-electron chi connectivity index (χ1n) is 11.2. The van der Waals surface area contributed by atoms with Crippen LogP contribution < -0.4 is 10.6 Å². The van der Waals surface area contributed by atoms with E-state index in [0.717, 1.165) is 11.8 Å². The van der Waals surface area contributed by atoms with Gasteiger partial charge in [-0.05, 0) is 41.3 Å². The Morgan fingerprint density at radius 1 is 1.17 bits per heavy atom. The van der Waals surface area contributed by atoms with Crippen LogP contribution in [0.4, 0.5) is 0 Å². The lowest BCUT2D eigenvalue weighted by molar-refractivity contribution is -0.125. The summed E-state index contributed by atoms with van der Waals surface area (Å²) in [6.45, 7) is 5.69. The molecule has 9 nitrogen and oxygen atoms in total. The van der Waals surface area contributed by atoms with Gasteiger partial charge in [0.15, 0.2) is 5.69 Å². The summed E-state index contributed by atoms with van der Waals surface area (Å²) in [4.78, 5) is 26.2. The van der Waals surface area contributed by atoms with E-state index < -0.39 is 33.1 Å². The standard InChI is InChI=1S/C25H28ClN5O4S/c1-25(2,3)22(24(33)28-11-12-36(4,34)35)29-23(32)21-19-13-18(26)9-10-20(19)31(30-21)15-17-7-5-16(14-27)6-8-17/h5-10,13,22H,11-12,15H2,1-4H3,(H,28,33)(H,29,32). The number of amides is 2. The monoisotopic (exact) mass is 529 g/mol. The Bertz CT molecular complexity index is 1430. The molecule has 1 heterocycles. The minimum atomic E-state index is -3.25. The van der Waals surface area contributed by atoms with Crippen molar-refractivity contribution in [2.75, 3.05) is 18.6 Å². The van der Waals surface area contributed by atoms with Gasteiger partial charge in [-0.2, -0.15) is 10.4 Å². The predicted molar refractivity (Wildman–Crippen MR) is 138 cm³/mol. The third-order valence-corrected chi connectivity index (χ3v) is 6.70. The van der Waals surface area contributed by atoms with Crippen LogP contribution in [-0.4, -0.2) is 54.6 Å². The second-order valence-corrected chi connectivity index (χ2v) is 12.4. The van der Waals surface area contributed by atoms with Gasteiger partial charge in [0.05, 0.1) is 29.4 Å². The van der Waals surface area contributed by atoms with Crippen molar-refractivity contribution in [3.63, 3.8) is 0 Å². The number of nitrogens with one attached hydrogen (secondary N) is 2. The molecule has 1 aromatic heterocycles. The zero-order valence-electron chi connectivity index (χ0n) is 20.5. The average molecular weight is 530 g/mol. The van der Waals surface area contributed by atoms with Crippen LogP contribution in [-0.2, 0) is 21.2 Å². The van der Waals surface area contributed by atoms with Gasteiger partial charge in [-0.3, -0.25) is 14.3 Å². The van der Waals surface area contributed by atoms with Crippen LogP contribution in [0.15, 0.2) is 42.5 Å². The minimum Gasteiger partial charge on any atom is -0.353 e. The van der Waals surface area contributed by atoms with E-state index in [1.165, 1.54) is 0 Å². The van der Waals surface area contributed by atoms with Crippen molar-refractivity contribution < 1.29 is 18.0 Å². The Labute approximate surface area is 215 Å². The molecule has 0 aliphatic carbocycles. The third-order valence-electron chi connectivity index (χ3n) is 5.52. The Morgan fingerprint density at radius 3 is 2.42 bits per heavy atom. The lowest BCUT2D eigenvalue weighted by Crippen LogP contribution is -2.54. The SMILES string of the molecule is CC(C)(C)C(NC(=O)c1nn(Cc2ccc(C#N)cc2)c2ccc(Cl)cc12)C(=O)NCCS(C)(=O)=O. The van der Waals surface area contributed by atoms with Gasteiger partial charge in [-0.15, -0.1) is 0 Å². The maximum absolute atomic E-state index is 13.4. The number of fused-ring (bicyclic) bond motifs is 1. The van der Waals surface area contributed by atoms with Crippen LogP contribution in [0.5, 0.6) is 0 Å². The molecule has 2 aromatic carbocycles. The van der Waals surface area contributed by atoms with E-state index in [9.17, 15) is 18.0 Å². The van der Waals surface area contributed by atoms with Crippen LogP contribution in [0.3, 0.4) is 0 Å². The molecular formula is C25H28ClN5O4S. The molecule has 0 bridgehead atoms. The molecule has 3 aromatic rings. The number of hydrogen-bond acceptors (Lipinski definition) is 6. The number of sulfone groups is 1. The summed E-state index contributed by atoms with van der Waals surface area (Å²) >= 11 is 6.21. The highest BCUT2D eigenvalue weighted by atomic mass is 35.5. The lowest BCUT2D eigenvalue weighted by atomic mass is 9.86. The summed E-state index contributed by atoms with van der Waals surface area (Å²) in [7, 11) is -3.25. The van der Waals surface area contributed by atoms with Gasteiger partial charge in [0.1, 0.15) is 15.9 Å². The van der Waals surface area contributed by atoms with E-state index in [-0.39, 0.29) is 18.0 Å². The number of benzene rings is 2. The maximum atomic E-state index is 13.4. The Kier molecular flexibility index (Phi) is 8.06. The van der Waals surface area contributed by atoms with Gasteiger partial charge in [-0.1, -0.05) is 44.5 Å². The van der Waals surface area contributed by atoms with E-state index in [1.807, 2.05) is 12.1 Å². The first kappa shape index (κ1) is 27.2. The van der Waals surface area contributed by atoms with Crippen molar-refractivity contribution in [3.8, 4) is 6.07 Å². The van der Waals surface area contributed by atoms with Crippen LogP contribution >= 0.6 is 11.6 Å². The van der Waals surface area contributed by atoms with Crippen molar-refractivity contribution >= 4 is 44.2 Å². The molecular weight excluding hydrogens is 502 g/mol. The van der Waals surface area contributed by atoms with Gasteiger partial charge in [0.2, 0.25) is 5.91 Å². The number of carbonyl (C=O) groups excluding carboxylic acids is 2. The largest absolute Gasteiger partial charge is 0.353 e. The first-order valence-corrected chi connectivity index (χ1v) is 13.6. The van der Waals surface area contributed by atoms with Gasteiger partial charge in [0, 0.05) is 23.2 Å². The van der Waals surface area contributed by atoms with E-state index in [4.69, 9.17) is 16.9 Å². The topological polar surface area (TPSA) is 134 Å². The molecule has 190 valence electrons. The van der Waals surface area contributed by atoms with E-state index >= 15 is 0 Å². The molecule has 2 amide bonds. The van der Waals surface area contributed by atoms with E-state index in [2.05, 4.69) is 21.8 Å². The minimum absolute atomic E-state index is 0.0577. The van der Waals surface area contributed by atoms with Crippen LogP contribution in [0.1, 0.15) is 42.4 Å². The normalized spacial score (nSPS) is 12.7. The summed E-state index contributed by atoms with van der Waals surface area (Å²) < 4.78 is 24.5. The molecule has 36 heavy (non-hydrogen) atoms. The summed E-state index contributed by atoms with van der Waals surface area (Å²) in [5, 5.41) is 19.9. The number of hydrogen-bond donors (Lipinski definition) is 2. The molecule has 3 rings (SSSR count). The molecule has 11 heteroatoms. The molecule has 0 spiro atoms. The fourth-order valence-electron chi connectivity index (χ4n) is 3.63. The Balaban J connectivity index is 1.90. The number of nitriles is 1. The zero-order valence-corrected chi connectivity index (χ0v) is 22.1. The van der Waals surface area contributed by atoms with Gasteiger partial charge < -0.3 is 10.6 Å². The highest BCUT2D eigenvalue weighted by molar-refractivity contribution is 7.90. The molecule has 1 unspecified atom stereocenters. The van der Waals surface area contributed by atoms with E-state index in [0.29, 0.717) is 28.0 Å². The Hall–Kier alpha value is -3.42. The molecule has 1 atom stereocenters. The third kappa shape index (κ3) is 6.83. The summed E-state index contributed by atoms with van der Waals surface area (Å²) in [5.41, 5.74) is 1.55. The smallest absolute Gasteiger partial charge is 0.273 e. The van der Waals surface area contributed by atoms with Crippen molar-refractivity contribution in [1.29, 1.82) is 5.26 Å².